The Morgan fingerprint density at radius 1 is 0.976 bits per heavy atom. The molecule has 0 aliphatic heterocycles. The average Bonchev–Trinajstić information content (AvgIpc) is 2.90. The van der Waals surface area contributed by atoms with E-state index < -0.39 is 43.1 Å². The Morgan fingerprint density at radius 2 is 1.66 bits per heavy atom. The highest BCUT2D eigenvalue weighted by Gasteiger charge is 2.56. The lowest BCUT2D eigenvalue weighted by Crippen LogP contribution is -2.38. The molecule has 8 nitrogen and oxygen atoms in total. The molecule has 0 aliphatic carbocycles. The second kappa shape index (κ2) is 15.4. The first-order chi connectivity index (χ1) is 19.3. The Morgan fingerprint density at radius 3 is 2.24 bits per heavy atom. The van der Waals surface area contributed by atoms with Crippen molar-refractivity contribution < 1.29 is 55.6 Å². The smallest absolute Gasteiger partial charge is 0.453 e. The van der Waals surface area contributed by atoms with Gasteiger partial charge in [-0.25, -0.2) is 9.59 Å². The molecule has 0 aromatic heterocycles. The summed E-state index contributed by atoms with van der Waals surface area (Å²) in [5, 5.41) is 9.24. The van der Waals surface area contributed by atoms with Crippen LogP contribution in [0.15, 0.2) is 42.5 Å². The van der Waals surface area contributed by atoms with E-state index in [1.54, 1.807) is 56.3 Å². The van der Waals surface area contributed by atoms with Gasteiger partial charge >= 0.3 is 24.2 Å². The third-order valence-corrected chi connectivity index (χ3v) is 5.98. The zero-order valence-corrected chi connectivity index (χ0v) is 23.0. The van der Waals surface area contributed by atoms with Crippen molar-refractivity contribution in [3.63, 3.8) is 0 Å². The molecule has 0 aliphatic rings. The van der Waals surface area contributed by atoms with Crippen molar-refractivity contribution >= 4 is 12.1 Å². The number of aliphatic carboxylic acids is 1. The van der Waals surface area contributed by atoms with Crippen LogP contribution in [0.5, 0.6) is 17.2 Å². The van der Waals surface area contributed by atoms with Crippen molar-refractivity contribution in [3.05, 3.63) is 53.6 Å². The van der Waals surface area contributed by atoms with Gasteiger partial charge in [0, 0.05) is 26.0 Å². The monoisotopic (exact) mass is 591 g/mol. The van der Waals surface area contributed by atoms with E-state index in [2.05, 4.69) is 0 Å². The van der Waals surface area contributed by atoms with Crippen LogP contribution in [0.1, 0.15) is 37.3 Å². The first-order valence-electron chi connectivity index (χ1n) is 12.9. The third-order valence-electron chi connectivity index (χ3n) is 5.98. The summed E-state index contributed by atoms with van der Waals surface area (Å²) in [4.78, 5) is 25.4. The van der Waals surface area contributed by atoms with Crippen molar-refractivity contribution in [2.24, 2.45) is 0 Å². The summed E-state index contributed by atoms with van der Waals surface area (Å²) in [5.41, 5.74) is 1.48. The van der Waals surface area contributed by atoms with Crippen LogP contribution in [-0.2, 0) is 16.0 Å². The quantitative estimate of drug-likeness (QED) is 0.181. The number of rotatable bonds is 16. The van der Waals surface area contributed by atoms with Gasteiger partial charge in [-0.15, -0.1) is 0 Å². The number of carboxylic acid groups (broad SMARTS) is 1. The molecule has 0 saturated carbocycles. The lowest BCUT2D eigenvalue weighted by Gasteiger charge is -2.24. The highest BCUT2D eigenvalue weighted by atomic mass is 19.4. The Hall–Kier alpha value is -3.61. The summed E-state index contributed by atoms with van der Waals surface area (Å²) < 4.78 is 85.5. The molecule has 1 amide bonds. The fourth-order valence-electron chi connectivity index (χ4n) is 3.74. The number of benzene rings is 2. The van der Waals surface area contributed by atoms with Gasteiger partial charge in [-0.2, -0.15) is 22.0 Å². The van der Waals surface area contributed by atoms with E-state index in [9.17, 15) is 36.6 Å². The van der Waals surface area contributed by atoms with Crippen LogP contribution in [-0.4, -0.2) is 73.7 Å². The van der Waals surface area contributed by atoms with Crippen LogP contribution in [0.25, 0.3) is 0 Å². The van der Waals surface area contributed by atoms with Crippen LogP contribution in [0, 0.1) is 6.92 Å². The number of carbonyl (C=O) groups is 2. The van der Waals surface area contributed by atoms with Crippen LogP contribution in [0.2, 0.25) is 0 Å². The molecule has 13 heteroatoms. The first kappa shape index (κ1) is 33.6. The van der Waals surface area contributed by atoms with Crippen molar-refractivity contribution in [2.75, 3.05) is 33.4 Å². The van der Waals surface area contributed by atoms with Crippen LogP contribution in [0.4, 0.5) is 26.7 Å². The zero-order chi connectivity index (χ0) is 30.6. The van der Waals surface area contributed by atoms with E-state index in [1.807, 2.05) is 0 Å². The number of unbranched alkanes of at least 4 members (excludes halogenated alkanes) is 1. The summed E-state index contributed by atoms with van der Waals surface area (Å²) in [6, 6.07) is 11.5. The van der Waals surface area contributed by atoms with Gasteiger partial charge in [-0.1, -0.05) is 18.2 Å². The predicted molar refractivity (Wildman–Crippen MR) is 139 cm³/mol. The van der Waals surface area contributed by atoms with Gasteiger partial charge in [-0.05, 0) is 62.1 Å². The van der Waals surface area contributed by atoms with E-state index >= 15 is 0 Å². The van der Waals surface area contributed by atoms with Crippen molar-refractivity contribution in [1.29, 1.82) is 0 Å². The van der Waals surface area contributed by atoms with E-state index in [0.717, 1.165) is 10.5 Å². The largest absolute Gasteiger partial charge is 0.493 e. The fraction of sp³-hybridized carbons (Fsp3) is 0.500. The maximum atomic E-state index is 13.3. The Labute approximate surface area is 234 Å². The predicted octanol–water partition coefficient (Wildman–Crippen LogP) is 6.28. The number of amides is 1. The van der Waals surface area contributed by atoms with E-state index in [-0.39, 0.29) is 50.6 Å². The van der Waals surface area contributed by atoms with Gasteiger partial charge in [0.25, 0.3) is 0 Å². The molecule has 0 bridgehead atoms. The summed E-state index contributed by atoms with van der Waals surface area (Å²) in [5.74, 6) is -5.09. The van der Waals surface area contributed by atoms with Gasteiger partial charge in [0.1, 0.15) is 12.4 Å². The third kappa shape index (κ3) is 10.7. The minimum Gasteiger partial charge on any atom is -0.493 e. The molecule has 1 unspecified atom stereocenters. The maximum absolute atomic E-state index is 13.3. The lowest BCUT2D eigenvalue weighted by molar-refractivity contribution is -0.284. The SMILES string of the molecule is CCOC(Cc1ccc(OCCN(CCCCC(F)(F)C(F)(F)F)C(=O)Oc2cc(C)ccc2OC)cc1)C(=O)O. The second-order valence-corrected chi connectivity index (χ2v) is 9.15. The molecule has 1 atom stereocenters. The topological polar surface area (TPSA) is 94.5 Å². The number of alkyl halides is 5. The highest BCUT2D eigenvalue weighted by molar-refractivity contribution is 5.73. The zero-order valence-electron chi connectivity index (χ0n) is 23.0. The Bertz CT molecular complexity index is 1130. The Balaban J connectivity index is 2.03. The van der Waals surface area contributed by atoms with Gasteiger partial charge in [0.15, 0.2) is 17.6 Å². The number of methoxy groups -OCH3 is 1. The number of carboxylic acids is 1. The molecule has 0 fully saturated rings. The molecule has 1 N–H and O–H groups in total. The standard InChI is InChI=1S/C28H34F5NO7/c1-4-39-24(25(35)36)18-20-8-10-21(11-9-20)40-16-15-34(14-6-5-13-27(29,30)28(31,32)33)26(37)41-23-17-19(2)7-12-22(23)38-3/h7-12,17,24H,4-6,13-16,18H2,1-3H3,(H,35,36). The van der Waals surface area contributed by atoms with Crippen molar-refractivity contribution in [1.82, 2.24) is 4.90 Å². The maximum Gasteiger partial charge on any atom is 0.453 e. The minimum absolute atomic E-state index is 0.0468. The van der Waals surface area contributed by atoms with Gasteiger partial charge < -0.3 is 29.0 Å². The van der Waals surface area contributed by atoms with E-state index in [4.69, 9.17) is 18.9 Å². The molecular weight excluding hydrogens is 557 g/mol. The van der Waals surface area contributed by atoms with Gasteiger partial charge in [0.05, 0.1) is 13.7 Å². The average molecular weight is 592 g/mol. The molecule has 2 rings (SSSR count). The number of ether oxygens (including phenoxy) is 4. The number of aryl methyl sites for hydroxylation is 1. The number of halogens is 5. The molecule has 228 valence electrons. The number of hydrogen-bond acceptors (Lipinski definition) is 6. The van der Waals surface area contributed by atoms with Gasteiger partial charge in [0.2, 0.25) is 0 Å². The molecule has 2 aromatic rings. The lowest BCUT2D eigenvalue weighted by atomic mass is 10.1. The summed E-state index contributed by atoms with van der Waals surface area (Å²) in [6.45, 7) is 3.45. The van der Waals surface area contributed by atoms with E-state index in [0.29, 0.717) is 11.3 Å². The number of carbonyl (C=O) groups excluding carboxylic acids is 1. The van der Waals surface area contributed by atoms with Crippen molar-refractivity contribution in [2.45, 2.75) is 57.7 Å². The molecule has 41 heavy (non-hydrogen) atoms. The summed E-state index contributed by atoms with van der Waals surface area (Å²) >= 11 is 0. The summed E-state index contributed by atoms with van der Waals surface area (Å²) in [6.07, 6.45) is -9.36. The Kier molecular flexibility index (Phi) is 12.6. The summed E-state index contributed by atoms with van der Waals surface area (Å²) in [7, 11) is 1.39. The molecule has 0 radical (unpaired) electrons. The van der Waals surface area contributed by atoms with Gasteiger partial charge in [-0.3, -0.25) is 0 Å². The van der Waals surface area contributed by atoms with E-state index in [1.165, 1.54) is 7.11 Å². The molecule has 0 spiro atoms. The first-order valence-corrected chi connectivity index (χ1v) is 12.9. The van der Waals surface area contributed by atoms with Crippen molar-refractivity contribution in [3.8, 4) is 17.2 Å². The van der Waals surface area contributed by atoms with Crippen LogP contribution >= 0.6 is 0 Å². The molecule has 0 saturated heterocycles. The molecule has 0 heterocycles. The molecule has 2 aromatic carbocycles. The molecular formula is C28H34F5NO7. The second-order valence-electron chi connectivity index (χ2n) is 9.15. The van der Waals surface area contributed by atoms with Crippen LogP contribution < -0.4 is 14.2 Å². The normalized spacial score (nSPS) is 12.5. The fourth-order valence-corrected chi connectivity index (χ4v) is 3.74. The number of nitrogens with zero attached hydrogens (tertiary/aromatic N) is 1. The highest BCUT2D eigenvalue weighted by Crippen LogP contribution is 2.39. The minimum atomic E-state index is -5.64. The number of hydrogen-bond donors (Lipinski definition) is 1. The van der Waals surface area contributed by atoms with Crippen LogP contribution in [0.3, 0.4) is 0 Å².